The van der Waals surface area contributed by atoms with Gasteiger partial charge in [-0.25, -0.2) is 0 Å². The van der Waals surface area contributed by atoms with E-state index >= 15 is 0 Å². The van der Waals surface area contributed by atoms with Crippen molar-refractivity contribution in [3.63, 3.8) is 0 Å². The third kappa shape index (κ3) is 3.64. The predicted octanol–water partition coefficient (Wildman–Crippen LogP) is -3.31. The van der Waals surface area contributed by atoms with E-state index in [1.54, 1.807) is 0 Å². The van der Waals surface area contributed by atoms with Crippen LogP contribution in [0.4, 0.5) is 11.4 Å². The first-order chi connectivity index (χ1) is 9.71. The van der Waals surface area contributed by atoms with E-state index in [2.05, 4.69) is 60.0 Å². The standard InChI is InChI=1S/C18H22N2.2ClH/c19-16-8-4-14(5-9-16)18(12-2-1-3-13-18)15-6-10-17(20)11-7-15;;/h4-11H,1-3,12-13,19-20H2;2*1H. The van der Waals surface area contributed by atoms with Crippen LogP contribution >= 0.6 is 0 Å². The molecule has 120 valence electrons. The van der Waals surface area contributed by atoms with Crippen LogP contribution in [-0.2, 0) is 5.41 Å². The van der Waals surface area contributed by atoms with Crippen LogP contribution in [0.2, 0.25) is 0 Å². The molecule has 1 fully saturated rings. The molecule has 4 heteroatoms. The molecular formula is C18H24Cl2N2. The lowest BCUT2D eigenvalue weighted by molar-refractivity contribution is -0.255. The number of rotatable bonds is 2. The predicted molar refractivity (Wildman–Crippen MR) is 81.8 cm³/mol. The lowest BCUT2D eigenvalue weighted by Crippen LogP contribution is -3.00. The van der Waals surface area contributed by atoms with Gasteiger partial charge in [-0.2, -0.15) is 0 Å². The highest BCUT2D eigenvalue weighted by Gasteiger charge is 2.35. The summed E-state index contributed by atoms with van der Waals surface area (Å²) >= 11 is 0. The largest absolute Gasteiger partial charge is 1.00 e. The van der Waals surface area contributed by atoms with Crippen LogP contribution in [0.1, 0.15) is 43.2 Å². The molecule has 1 saturated carbocycles. The van der Waals surface area contributed by atoms with Gasteiger partial charge in [-0.05, 0) is 48.2 Å². The zero-order valence-corrected chi connectivity index (χ0v) is 14.3. The molecule has 22 heavy (non-hydrogen) atoms. The van der Waals surface area contributed by atoms with E-state index in [-0.39, 0.29) is 30.2 Å². The topological polar surface area (TPSA) is 55.3 Å². The van der Waals surface area contributed by atoms with Gasteiger partial charge in [0.25, 0.3) is 0 Å². The second-order valence-electron chi connectivity index (χ2n) is 6.04. The Labute approximate surface area is 145 Å². The van der Waals surface area contributed by atoms with Gasteiger partial charge < -0.3 is 36.3 Å². The maximum absolute atomic E-state index is 4.01. The van der Waals surface area contributed by atoms with Gasteiger partial charge in [-0.15, -0.1) is 0 Å². The molecule has 0 heterocycles. The molecular weight excluding hydrogens is 315 g/mol. The Balaban J connectivity index is 0.00000121. The van der Waals surface area contributed by atoms with Gasteiger partial charge in [0, 0.05) is 5.41 Å². The number of quaternary nitrogens is 2. The summed E-state index contributed by atoms with van der Waals surface area (Å²) in [5.74, 6) is 0. The fourth-order valence-corrected chi connectivity index (χ4v) is 3.55. The van der Waals surface area contributed by atoms with Crippen molar-refractivity contribution in [3.8, 4) is 0 Å². The lowest BCUT2D eigenvalue weighted by atomic mass is 9.65. The Kier molecular flexibility index (Phi) is 6.89. The third-order valence-corrected chi connectivity index (χ3v) is 4.72. The number of hydrogen-bond acceptors (Lipinski definition) is 0. The van der Waals surface area contributed by atoms with Crippen LogP contribution in [0, 0.1) is 0 Å². The molecule has 0 unspecified atom stereocenters. The van der Waals surface area contributed by atoms with Gasteiger partial charge in [0.15, 0.2) is 0 Å². The highest BCUT2D eigenvalue weighted by Crippen LogP contribution is 2.45. The average Bonchev–Trinajstić information content (AvgIpc) is 2.49. The molecule has 1 aliphatic rings. The van der Waals surface area contributed by atoms with Crippen LogP contribution in [-0.4, -0.2) is 0 Å². The first kappa shape index (κ1) is 19.0. The lowest BCUT2D eigenvalue weighted by Gasteiger charge is -2.38. The van der Waals surface area contributed by atoms with E-state index in [4.69, 9.17) is 0 Å². The maximum Gasteiger partial charge on any atom is 0.127 e. The highest BCUT2D eigenvalue weighted by molar-refractivity contribution is 5.45. The van der Waals surface area contributed by atoms with Gasteiger partial charge in [0.1, 0.15) is 11.4 Å². The molecule has 2 nitrogen and oxygen atoms in total. The molecule has 0 radical (unpaired) electrons. The summed E-state index contributed by atoms with van der Waals surface area (Å²) in [6.07, 6.45) is 6.50. The van der Waals surface area contributed by atoms with Crippen molar-refractivity contribution in [1.82, 2.24) is 0 Å². The molecule has 0 saturated heterocycles. The van der Waals surface area contributed by atoms with Crippen molar-refractivity contribution < 1.29 is 36.3 Å². The molecule has 0 spiro atoms. The first-order valence-corrected chi connectivity index (χ1v) is 7.56. The summed E-state index contributed by atoms with van der Waals surface area (Å²) in [6.45, 7) is 0. The fraction of sp³-hybridized carbons (Fsp3) is 0.333. The monoisotopic (exact) mass is 338 g/mol. The van der Waals surface area contributed by atoms with Crippen molar-refractivity contribution in [2.24, 2.45) is 0 Å². The van der Waals surface area contributed by atoms with Crippen LogP contribution in [0.25, 0.3) is 0 Å². The highest BCUT2D eigenvalue weighted by atomic mass is 35.5. The van der Waals surface area contributed by atoms with E-state index in [0.29, 0.717) is 0 Å². The number of benzene rings is 2. The van der Waals surface area contributed by atoms with Gasteiger partial charge in [-0.3, -0.25) is 0 Å². The van der Waals surface area contributed by atoms with Crippen LogP contribution in [0.3, 0.4) is 0 Å². The fourth-order valence-electron chi connectivity index (χ4n) is 3.55. The number of halogens is 2. The minimum Gasteiger partial charge on any atom is -1.00 e. The summed E-state index contributed by atoms with van der Waals surface area (Å²) < 4.78 is 0. The maximum atomic E-state index is 4.01. The SMILES string of the molecule is [Cl-].[Cl-].[NH3+]c1ccc(C2(c3ccc([NH3+])cc3)CCCCC2)cc1. The van der Waals surface area contributed by atoms with E-state index < -0.39 is 0 Å². The Bertz CT molecular complexity index is 526. The number of hydrogen-bond donors (Lipinski definition) is 2. The van der Waals surface area contributed by atoms with Crippen LogP contribution in [0.15, 0.2) is 48.5 Å². The van der Waals surface area contributed by atoms with Crippen molar-refractivity contribution in [2.75, 3.05) is 0 Å². The summed E-state index contributed by atoms with van der Waals surface area (Å²) in [4.78, 5) is 0. The zero-order chi connectivity index (χ0) is 14.0. The minimum atomic E-state index is 0. The Morgan fingerprint density at radius 1 is 0.591 bits per heavy atom. The van der Waals surface area contributed by atoms with E-state index in [9.17, 15) is 0 Å². The molecule has 1 aliphatic carbocycles. The molecule has 0 atom stereocenters. The van der Waals surface area contributed by atoms with Crippen molar-refractivity contribution >= 4 is 11.4 Å². The van der Waals surface area contributed by atoms with E-state index in [0.717, 1.165) is 11.4 Å². The first-order valence-electron chi connectivity index (χ1n) is 7.56. The summed E-state index contributed by atoms with van der Waals surface area (Å²) in [5, 5.41) is 0. The van der Waals surface area contributed by atoms with Gasteiger partial charge >= 0.3 is 0 Å². The summed E-state index contributed by atoms with van der Waals surface area (Å²) in [7, 11) is 0. The quantitative estimate of drug-likeness (QED) is 0.576. The molecule has 0 aromatic heterocycles. The van der Waals surface area contributed by atoms with Crippen molar-refractivity contribution in [3.05, 3.63) is 59.7 Å². The van der Waals surface area contributed by atoms with Gasteiger partial charge in [0.05, 0.1) is 0 Å². The third-order valence-electron chi connectivity index (χ3n) is 4.72. The second-order valence-corrected chi connectivity index (χ2v) is 6.04. The summed E-state index contributed by atoms with van der Waals surface area (Å²) in [6, 6.07) is 17.6. The normalized spacial score (nSPS) is 16.3. The molecule has 0 bridgehead atoms. The minimum absolute atomic E-state index is 0. The average molecular weight is 339 g/mol. The van der Waals surface area contributed by atoms with Gasteiger partial charge in [0.2, 0.25) is 0 Å². The summed E-state index contributed by atoms with van der Waals surface area (Å²) in [5.41, 5.74) is 13.3. The van der Waals surface area contributed by atoms with E-state index in [1.807, 2.05) is 0 Å². The molecule has 2 aromatic carbocycles. The smallest absolute Gasteiger partial charge is 0.127 e. The molecule has 6 N–H and O–H groups in total. The second kappa shape index (κ2) is 7.98. The van der Waals surface area contributed by atoms with Crippen molar-refractivity contribution in [2.45, 2.75) is 37.5 Å². The van der Waals surface area contributed by atoms with Crippen LogP contribution in [0.5, 0.6) is 0 Å². The molecule has 0 amide bonds. The Hall–Kier alpha value is -1.06. The van der Waals surface area contributed by atoms with Crippen molar-refractivity contribution in [1.29, 1.82) is 0 Å². The molecule has 2 aromatic rings. The molecule has 0 aliphatic heterocycles. The molecule has 3 rings (SSSR count). The van der Waals surface area contributed by atoms with E-state index in [1.165, 1.54) is 43.2 Å². The Morgan fingerprint density at radius 3 is 1.32 bits per heavy atom. The zero-order valence-electron chi connectivity index (χ0n) is 12.8. The Morgan fingerprint density at radius 2 is 0.955 bits per heavy atom. The van der Waals surface area contributed by atoms with Crippen LogP contribution < -0.4 is 36.3 Å². The van der Waals surface area contributed by atoms with Gasteiger partial charge in [-0.1, -0.05) is 43.5 Å².